The third-order valence-corrected chi connectivity index (χ3v) is 9.19. The first-order valence-corrected chi connectivity index (χ1v) is 13.5. The molecule has 0 radical (unpaired) electrons. The minimum atomic E-state index is -3.68. The van der Waals surface area contributed by atoms with E-state index in [0.717, 1.165) is 17.5 Å². The molecule has 1 aromatic carbocycles. The minimum absolute atomic E-state index is 0.113. The van der Waals surface area contributed by atoms with Crippen LogP contribution in [0.4, 0.5) is 0 Å². The standard InChI is InChI=1S/C23H30ClN5O4S/c1-16-6-7-20(24)10-19(16)12-26-22(30)21-5-3-9-29(21)23(31)18-4-2-8-27(15-18)34(32,33)28-13-17(11-25)14-28/h6-7,10,17-18,21H,2-5,8-9,12-15H2,1H3,(H,26,30)/t18-,21+/m0/s1. The lowest BCUT2D eigenvalue weighted by Gasteiger charge is -2.41. The van der Waals surface area contributed by atoms with Crippen LogP contribution in [-0.2, 0) is 26.3 Å². The Morgan fingerprint density at radius 2 is 1.88 bits per heavy atom. The third-order valence-electron chi connectivity index (χ3n) is 7.02. The Morgan fingerprint density at radius 1 is 1.15 bits per heavy atom. The summed E-state index contributed by atoms with van der Waals surface area (Å²) in [4.78, 5) is 27.9. The van der Waals surface area contributed by atoms with Crippen LogP contribution in [0.2, 0.25) is 5.02 Å². The molecule has 3 fully saturated rings. The number of nitrogens with one attached hydrogen (secondary N) is 1. The van der Waals surface area contributed by atoms with Crippen LogP contribution in [0.25, 0.3) is 0 Å². The molecule has 34 heavy (non-hydrogen) atoms. The van der Waals surface area contributed by atoms with Gasteiger partial charge in [0.15, 0.2) is 0 Å². The van der Waals surface area contributed by atoms with Crippen LogP contribution in [0.1, 0.15) is 36.8 Å². The van der Waals surface area contributed by atoms with E-state index >= 15 is 0 Å². The molecule has 0 saturated carbocycles. The van der Waals surface area contributed by atoms with E-state index in [4.69, 9.17) is 16.9 Å². The molecule has 0 bridgehead atoms. The molecule has 2 atom stereocenters. The highest BCUT2D eigenvalue weighted by atomic mass is 35.5. The second-order valence-electron chi connectivity index (χ2n) is 9.33. The quantitative estimate of drug-likeness (QED) is 0.629. The number of halogens is 1. The second kappa shape index (κ2) is 10.2. The molecule has 184 valence electrons. The van der Waals surface area contributed by atoms with Gasteiger partial charge in [0.25, 0.3) is 10.2 Å². The molecule has 9 nitrogen and oxygen atoms in total. The highest BCUT2D eigenvalue weighted by molar-refractivity contribution is 7.86. The summed E-state index contributed by atoms with van der Waals surface area (Å²) >= 11 is 6.07. The summed E-state index contributed by atoms with van der Waals surface area (Å²) in [6, 6.07) is 7.06. The Bertz CT molecular complexity index is 1100. The Labute approximate surface area is 205 Å². The molecule has 3 aliphatic rings. The molecule has 4 rings (SSSR count). The topological polar surface area (TPSA) is 114 Å². The molecule has 0 spiro atoms. The summed E-state index contributed by atoms with van der Waals surface area (Å²) < 4.78 is 28.5. The van der Waals surface area contributed by atoms with Crippen LogP contribution in [0.3, 0.4) is 0 Å². The molecule has 0 aromatic heterocycles. The van der Waals surface area contributed by atoms with Gasteiger partial charge in [0, 0.05) is 44.3 Å². The van der Waals surface area contributed by atoms with Crippen LogP contribution >= 0.6 is 11.6 Å². The number of nitriles is 1. The predicted molar refractivity (Wildman–Crippen MR) is 127 cm³/mol. The Morgan fingerprint density at radius 3 is 2.62 bits per heavy atom. The second-order valence-corrected chi connectivity index (χ2v) is 11.7. The maximum absolute atomic E-state index is 13.4. The first-order chi connectivity index (χ1) is 16.2. The summed E-state index contributed by atoms with van der Waals surface area (Å²) in [5, 5.41) is 12.5. The van der Waals surface area contributed by atoms with E-state index in [0.29, 0.717) is 43.9 Å². The van der Waals surface area contributed by atoms with Gasteiger partial charge in [-0.1, -0.05) is 17.7 Å². The number of carbonyl (C=O) groups is 2. The van der Waals surface area contributed by atoms with Crippen molar-refractivity contribution in [2.24, 2.45) is 11.8 Å². The van der Waals surface area contributed by atoms with Crippen molar-refractivity contribution in [3.05, 3.63) is 34.3 Å². The van der Waals surface area contributed by atoms with Crippen molar-refractivity contribution in [2.45, 2.75) is 45.2 Å². The highest BCUT2D eigenvalue weighted by Crippen LogP contribution is 2.29. The summed E-state index contributed by atoms with van der Waals surface area (Å²) in [7, 11) is -3.68. The molecule has 3 saturated heterocycles. The molecular weight excluding hydrogens is 478 g/mol. The first kappa shape index (κ1) is 24.9. The van der Waals surface area contributed by atoms with E-state index in [2.05, 4.69) is 11.4 Å². The van der Waals surface area contributed by atoms with Gasteiger partial charge in [-0.15, -0.1) is 0 Å². The fourth-order valence-corrected chi connectivity index (χ4v) is 6.88. The zero-order valence-corrected chi connectivity index (χ0v) is 20.8. The Balaban J connectivity index is 1.37. The minimum Gasteiger partial charge on any atom is -0.350 e. The molecule has 0 unspecified atom stereocenters. The van der Waals surface area contributed by atoms with E-state index in [-0.39, 0.29) is 37.4 Å². The van der Waals surface area contributed by atoms with Crippen molar-refractivity contribution in [2.75, 3.05) is 32.7 Å². The first-order valence-electron chi connectivity index (χ1n) is 11.7. The van der Waals surface area contributed by atoms with Crippen molar-refractivity contribution < 1.29 is 18.0 Å². The largest absolute Gasteiger partial charge is 0.350 e. The predicted octanol–water partition coefficient (Wildman–Crippen LogP) is 1.67. The van der Waals surface area contributed by atoms with Gasteiger partial charge in [0.1, 0.15) is 6.04 Å². The average Bonchev–Trinajstić information content (AvgIpc) is 3.28. The fourth-order valence-electron chi connectivity index (χ4n) is 4.89. The SMILES string of the molecule is Cc1ccc(Cl)cc1CNC(=O)[C@H]1CCCN1C(=O)[C@H]1CCCN(S(=O)(=O)N2CC(C#N)C2)C1. The molecule has 1 N–H and O–H groups in total. The van der Waals surface area contributed by atoms with Crippen LogP contribution in [0.5, 0.6) is 0 Å². The summed E-state index contributed by atoms with van der Waals surface area (Å²) in [6.45, 7) is 3.66. The molecule has 3 aliphatic heterocycles. The van der Waals surface area contributed by atoms with E-state index in [1.54, 1.807) is 11.0 Å². The number of likely N-dealkylation sites (tertiary alicyclic amines) is 1. The van der Waals surface area contributed by atoms with Gasteiger partial charge in [-0.2, -0.15) is 22.3 Å². The molecule has 1 aromatic rings. The van der Waals surface area contributed by atoms with Crippen molar-refractivity contribution in [3.8, 4) is 6.07 Å². The van der Waals surface area contributed by atoms with Crippen LogP contribution in [0, 0.1) is 30.1 Å². The fraction of sp³-hybridized carbons (Fsp3) is 0.609. The molecule has 0 aliphatic carbocycles. The van der Waals surface area contributed by atoms with Crippen molar-refractivity contribution in [3.63, 3.8) is 0 Å². The molecule has 2 amide bonds. The summed E-state index contributed by atoms with van der Waals surface area (Å²) in [5.41, 5.74) is 1.95. The van der Waals surface area contributed by atoms with Crippen LogP contribution < -0.4 is 5.32 Å². The van der Waals surface area contributed by atoms with Gasteiger partial charge < -0.3 is 10.2 Å². The van der Waals surface area contributed by atoms with Crippen LogP contribution in [-0.4, -0.2) is 72.5 Å². The summed E-state index contributed by atoms with van der Waals surface area (Å²) in [5.74, 6) is -1.10. The smallest absolute Gasteiger partial charge is 0.282 e. The van der Waals surface area contributed by atoms with Crippen molar-refractivity contribution in [1.29, 1.82) is 5.26 Å². The molecular formula is C23H30ClN5O4S. The van der Waals surface area contributed by atoms with E-state index < -0.39 is 22.2 Å². The van der Waals surface area contributed by atoms with Gasteiger partial charge in [0.05, 0.1) is 17.9 Å². The monoisotopic (exact) mass is 507 g/mol. The maximum atomic E-state index is 13.4. The van der Waals surface area contributed by atoms with E-state index in [9.17, 15) is 18.0 Å². The number of hydrogen-bond donors (Lipinski definition) is 1. The van der Waals surface area contributed by atoms with Gasteiger partial charge in [-0.05, 0) is 55.9 Å². The number of carbonyl (C=O) groups excluding carboxylic acids is 2. The number of aryl methyl sites for hydroxylation is 1. The van der Waals surface area contributed by atoms with E-state index in [1.165, 1.54) is 8.61 Å². The number of hydrogen-bond acceptors (Lipinski definition) is 5. The zero-order valence-electron chi connectivity index (χ0n) is 19.2. The van der Waals surface area contributed by atoms with Crippen LogP contribution in [0.15, 0.2) is 18.2 Å². The number of piperidine rings is 1. The lowest BCUT2D eigenvalue weighted by atomic mass is 9.97. The lowest BCUT2D eigenvalue weighted by molar-refractivity contribution is -0.142. The number of benzene rings is 1. The molecule has 11 heteroatoms. The van der Waals surface area contributed by atoms with Crippen molar-refractivity contribution >= 4 is 33.6 Å². The van der Waals surface area contributed by atoms with Gasteiger partial charge in [0.2, 0.25) is 11.8 Å². The maximum Gasteiger partial charge on any atom is 0.282 e. The number of rotatable bonds is 6. The Hall–Kier alpha value is -2.19. The zero-order chi connectivity index (χ0) is 24.5. The van der Waals surface area contributed by atoms with Gasteiger partial charge in [-0.25, -0.2) is 0 Å². The van der Waals surface area contributed by atoms with Crippen molar-refractivity contribution in [1.82, 2.24) is 18.8 Å². The third kappa shape index (κ3) is 5.08. The number of nitrogens with zero attached hydrogens (tertiary/aromatic N) is 4. The van der Waals surface area contributed by atoms with Gasteiger partial charge in [-0.3, -0.25) is 9.59 Å². The normalized spacial score (nSPS) is 24.4. The Kier molecular flexibility index (Phi) is 7.48. The molecule has 3 heterocycles. The summed E-state index contributed by atoms with van der Waals surface area (Å²) in [6.07, 6.45) is 2.50. The lowest BCUT2D eigenvalue weighted by Crippen LogP contribution is -2.57. The van der Waals surface area contributed by atoms with E-state index in [1.807, 2.05) is 19.1 Å². The number of amides is 2. The average molecular weight is 508 g/mol. The highest BCUT2D eigenvalue weighted by Gasteiger charge is 2.44. The van der Waals surface area contributed by atoms with Gasteiger partial charge >= 0.3 is 0 Å².